The molecule has 0 saturated carbocycles. The zero-order valence-corrected chi connectivity index (χ0v) is 32.0. The van der Waals surface area contributed by atoms with Crippen LogP contribution in [0, 0.1) is 0 Å². The van der Waals surface area contributed by atoms with E-state index in [0.717, 1.165) is 95.2 Å². The lowest BCUT2D eigenvalue weighted by atomic mass is 9.98. The highest BCUT2D eigenvalue weighted by Crippen LogP contribution is 2.34. The van der Waals surface area contributed by atoms with E-state index in [0.29, 0.717) is 0 Å². The standard InChI is InChI=1S/C53H36N6/c1-7-42(31-45(10-1)48-13-4-28-54-34-48)37-16-20-40(21-17-37)52-57-58-53(41-22-18-38(19-23-41)43-8-2-11-46(32-43)49-14-5-29-55-35-49)59(52)51-26-24-39(25-27-51)44-9-3-12-47(33-44)50-15-6-30-56-36-50/h1-36H. The van der Waals surface area contributed by atoms with E-state index in [1.165, 1.54) is 0 Å². The van der Waals surface area contributed by atoms with E-state index in [1.807, 2.05) is 36.8 Å². The molecule has 0 aliphatic rings. The summed E-state index contributed by atoms with van der Waals surface area (Å²) in [5, 5.41) is 9.68. The number of rotatable bonds is 9. The fourth-order valence-corrected chi connectivity index (χ4v) is 7.56. The van der Waals surface area contributed by atoms with Crippen LogP contribution in [0.3, 0.4) is 0 Å². The van der Waals surface area contributed by atoms with Gasteiger partial charge in [-0.05, 0) is 98.6 Å². The number of benzene rings is 6. The molecule has 4 aromatic heterocycles. The molecule has 0 atom stereocenters. The molecular formula is C53H36N6. The van der Waals surface area contributed by atoms with Crippen LogP contribution in [0.15, 0.2) is 219 Å². The summed E-state index contributed by atoms with van der Waals surface area (Å²) in [6.45, 7) is 0. The van der Waals surface area contributed by atoms with Crippen LogP contribution in [0.4, 0.5) is 0 Å². The largest absolute Gasteiger partial charge is 0.275 e. The molecule has 10 aromatic rings. The third-order valence-corrected chi connectivity index (χ3v) is 10.6. The maximum absolute atomic E-state index is 4.84. The quantitative estimate of drug-likeness (QED) is 0.147. The predicted octanol–water partition coefficient (Wildman–Crippen LogP) is 12.8. The van der Waals surface area contributed by atoms with Crippen molar-refractivity contribution in [1.29, 1.82) is 0 Å². The van der Waals surface area contributed by atoms with Crippen LogP contribution < -0.4 is 0 Å². The van der Waals surface area contributed by atoms with Gasteiger partial charge < -0.3 is 0 Å². The number of aromatic nitrogens is 6. The van der Waals surface area contributed by atoms with Crippen molar-refractivity contribution in [2.45, 2.75) is 0 Å². The number of hydrogen-bond acceptors (Lipinski definition) is 5. The van der Waals surface area contributed by atoms with Crippen LogP contribution in [0.2, 0.25) is 0 Å². The molecule has 4 heterocycles. The summed E-state index contributed by atoms with van der Waals surface area (Å²) in [4.78, 5) is 12.9. The highest BCUT2D eigenvalue weighted by molar-refractivity contribution is 5.78. The Bertz CT molecular complexity index is 2850. The maximum Gasteiger partial charge on any atom is 0.168 e. The Morgan fingerprint density at radius 1 is 0.254 bits per heavy atom. The molecule has 0 amide bonds. The van der Waals surface area contributed by atoms with Gasteiger partial charge in [-0.3, -0.25) is 19.5 Å². The molecule has 0 N–H and O–H groups in total. The normalized spacial score (nSPS) is 11.1. The van der Waals surface area contributed by atoms with Crippen LogP contribution in [0.5, 0.6) is 0 Å². The van der Waals surface area contributed by atoms with Gasteiger partial charge in [0.05, 0.1) is 0 Å². The molecule has 278 valence electrons. The van der Waals surface area contributed by atoms with Gasteiger partial charge in [0.15, 0.2) is 11.6 Å². The van der Waals surface area contributed by atoms with E-state index in [2.05, 4.69) is 183 Å². The zero-order chi connectivity index (χ0) is 39.4. The Morgan fingerprint density at radius 2 is 0.542 bits per heavy atom. The lowest BCUT2D eigenvalue weighted by Gasteiger charge is -2.13. The van der Waals surface area contributed by atoms with E-state index in [1.54, 1.807) is 18.6 Å². The Hall–Kier alpha value is -8.09. The van der Waals surface area contributed by atoms with Gasteiger partial charge in [-0.1, -0.05) is 133 Å². The summed E-state index contributed by atoms with van der Waals surface area (Å²) < 4.78 is 2.16. The molecule has 6 aromatic carbocycles. The predicted molar refractivity (Wildman–Crippen MR) is 238 cm³/mol. The molecule has 0 bridgehead atoms. The van der Waals surface area contributed by atoms with Crippen molar-refractivity contribution in [3.63, 3.8) is 0 Å². The molecule has 0 radical (unpaired) electrons. The molecule has 0 aliphatic carbocycles. The van der Waals surface area contributed by atoms with Crippen LogP contribution in [-0.4, -0.2) is 29.7 Å². The van der Waals surface area contributed by atoms with E-state index >= 15 is 0 Å². The summed E-state index contributed by atoms with van der Waals surface area (Å²) in [7, 11) is 0. The van der Waals surface area contributed by atoms with E-state index in [-0.39, 0.29) is 0 Å². The molecule has 0 saturated heterocycles. The van der Waals surface area contributed by atoms with Gasteiger partial charge in [0.25, 0.3) is 0 Å². The molecule has 0 aliphatic heterocycles. The summed E-state index contributed by atoms with van der Waals surface area (Å²) in [6.07, 6.45) is 11.1. The van der Waals surface area contributed by atoms with Gasteiger partial charge in [0.1, 0.15) is 0 Å². The van der Waals surface area contributed by atoms with Gasteiger partial charge in [-0.15, -0.1) is 10.2 Å². The first-order valence-corrected chi connectivity index (χ1v) is 19.5. The molecule has 10 rings (SSSR count). The van der Waals surface area contributed by atoms with Gasteiger partial charge in [0, 0.05) is 70.7 Å². The summed E-state index contributed by atoms with van der Waals surface area (Å²) in [6, 6.07) is 63.6. The second-order valence-electron chi connectivity index (χ2n) is 14.4. The van der Waals surface area contributed by atoms with E-state index in [4.69, 9.17) is 10.2 Å². The first kappa shape index (κ1) is 35.3. The molecule has 0 spiro atoms. The molecule has 6 heteroatoms. The minimum Gasteiger partial charge on any atom is -0.275 e. The minimum absolute atomic E-state index is 0.759. The Morgan fingerprint density at radius 3 is 0.864 bits per heavy atom. The Labute approximate surface area is 342 Å². The fourth-order valence-electron chi connectivity index (χ4n) is 7.56. The Balaban J connectivity index is 1.01. The van der Waals surface area contributed by atoms with Crippen molar-refractivity contribution in [3.8, 4) is 95.2 Å². The monoisotopic (exact) mass is 756 g/mol. The zero-order valence-electron chi connectivity index (χ0n) is 32.0. The van der Waals surface area contributed by atoms with Crippen molar-refractivity contribution >= 4 is 0 Å². The Kier molecular flexibility index (Phi) is 9.47. The maximum atomic E-state index is 4.84. The van der Waals surface area contributed by atoms with E-state index in [9.17, 15) is 0 Å². The summed E-state index contributed by atoms with van der Waals surface area (Å²) >= 11 is 0. The van der Waals surface area contributed by atoms with Crippen LogP contribution in [-0.2, 0) is 0 Å². The van der Waals surface area contributed by atoms with Crippen molar-refractivity contribution in [2.75, 3.05) is 0 Å². The van der Waals surface area contributed by atoms with Crippen LogP contribution in [0.25, 0.3) is 95.2 Å². The van der Waals surface area contributed by atoms with Crippen LogP contribution in [0.1, 0.15) is 0 Å². The smallest absolute Gasteiger partial charge is 0.168 e. The average Bonchev–Trinajstić information content (AvgIpc) is 3.78. The van der Waals surface area contributed by atoms with Crippen molar-refractivity contribution in [2.24, 2.45) is 0 Å². The molecular weight excluding hydrogens is 721 g/mol. The molecule has 0 unspecified atom stereocenters. The van der Waals surface area contributed by atoms with Gasteiger partial charge in [-0.25, -0.2) is 0 Å². The van der Waals surface area contributed by atoms with Gasteiger partial charge in [-0.2, -0.15) is 0 Å². The third-order valence-electron chi connectivity index (χ3n) is 10.6. The third kappa shape index (κ3) is 7.34. The number of hydrogen-bond donors (Lipinski definition) is 0. The molecule has 59 heavy (non-hydrogen) atoms. The first-order valence-electron chi connectivity index (χ1n) is 19.5. The number of pyridine rings is 3. The summed E-state index contributed by atoms with van der Waals surface area (Å²) in [5.74, 6) is 1.52. The van der Waals surface area contributed by atoms with Crippen molar-refractivity contribution < 1.29 is 0 Å². The average molecular weight is 757 g/mol. The topological polar surface area (TPSA) is 69.4 Å². The molecule has 0 fully saturated rings. The molecule has 6 nitrogen and oxygen atoms in total. The van der Waals surface area contributed by atoms with E-state index < -0.39 is 0 Å². The lowest BCUT2D eigenvalue weighted by Crippen LogP contribution is -2.00. The first-order chi connectivity index (χ1) is 29.2. The minimum atomic E-state index is 0.759. The van der Waals surface area contributed by atoms with Crippen LogP contribution >= 0.6 is 0 Å². The van der Waals surface area contributed by atoms with Crippen molar-refractivity contribution in [1.82, 2.24) is 29.7 Å². The second kappa shape index (κ2) is 15.8. The SMILES string of the molecule is c1cncc(-c2cccc(-c3ccc(-c4nnc(-c5ccc(-c6cccc(-c7cccnc7)c6)cc5)n4-c4ccc(-c5cccc(-c6cccnc6)c5)cc4)cc3)c2)c1. The van der Waals surface area contributed by atoms with Crippen molar-refractivity contribution in [3.05, 3.63) is 219 Å². The highest BCUT2D eigenvalue weighted by Gasteiger charge is 2.18. The van der Waals surface area contributed by atoms with Gasteiger partial charge in [0.2, 0.25) is 0 Å². The summed E-state index contributed by atoms with van der Waals surface area (Å²) in [5.41, 5.74) is 16.3. The second-order valence-corrected chi connectivity index (χ2v) is 14.4. The lowest BCUT2D eigenvalue weighted by molar-refractivity contribution is 1.07. The van der Waals surface area contributed by atoms with Gasteiger partial charge >= 0.3 is 0 Å². The highest BCUT2D eigenvalue weighted by atomic mass is 15.3. The fraction of sp³-hybridized carbons (Fsp3) is 0. The number of nitrogens with zero attached hydrogens (tertiary/aromatic N) is 6.